The summed E-state index contributed by atoms with van der Waals surface area (Å²) >= 11 is 0. The highest BCUT2D eigenvalue weighted by atomic mass is 19.1. The Morgan fingerprint density at radius 3 is 2.40 bits per heavy atom. The molecule has 7 heteroatoms. The maximum absolute atomic E-state index is 13.5. The number of carbonyl (C=O) groups is 2. The molecule has 2 aromatic rings. The van der Waals surface area contributed by atoms with Crippen LogP contribution in [0.25, 0.3) is 5.76 Å². The van der Waals surface area contributed by atoms with Gasteiger partial charge in [-0.1, -0.05) is 48.2 Å². The van der Waals surface area contributed by atoms with Crippen LogP contribution in [-0.2, 0) is 14.3 Å². The molecule has 2 aromatic carbocycles. The van der Waals surface area contributed by atoms with Crippen LogP contribution in [0, 0.1) is 5.82 Å². The first kappa shape index (κ1) is 20.3. The van der Waals surface area contributed by atoms with Gasteiger partial charge in [-0.3, -0.25) is 9.59 Å². The number of carbonyl (C=O) groups excluding carboxylic acids is 2. The topological polar surface area (TPSA) is 74.1 Å². The number of benzene rings is 2. The number of hydrogen-bond donors (Lipinski definition) is 1. The van der Waals surface area contributed by atoms with Gasteiger partial charge in [0, 0.05) is 5.57 Å². The molecule has 2 aliphatic rings. The molecule has 156 valence electrons. The molecule has 0 bridgehead atoms. The minimum atomic E-state index is -0.821. The first-order chi connectivity index (χ1) is 14.6. The Hall–Kier alpha value is -3.03. The zero-order valence-electron chi connectivity index (χ0n) is 16.5. The quantitative estimate of drug-likeness (QED) is 0.427. The maximum Gasteiger partial charge on any atom is 0.295 e. The van der Waals surface area contributed by atoms with E-state index in [9.17, 15) is 19.1 Å². The summed E-state index contributed by atoms with van der Waals surface area (Å²) in [5.41, 5.74) is 0.822. The van der Waals surface area contributed by atoms with Crippen molar-refractivity contribution in [2.75, 3.05) is 39.4 Å². The van der Waals surface area contributed by atoms with E-state index in [0.717, 1.165) is 13.1 Å². The Bertz CT molecular complexity index is 953. The number of ether oxygens (including phenoxy) is 1. The van der Waals surface area contributed by atoms with Gasteiger partial charge in [-0.15, -0.1) is 0 Å². The SMILES string of the molecule is O=C1C(=O)N(CC[NH+]2CCOCC2)C(c2ccc(F)cc2)/C1=C(\[O-])c1ccccc1. The van der Waals surface area contributed by atoms with E-state index in [4.69, 9.17) is 4.74 Å². The van der Waals surface area contributed by atoms with Crippen molar-refractivity contribution in [1.82, 2.24) is 4.90 Å². The molecular formula is C23H23FN2O4. The zero-order chi connectivity index (χ0) is 21.1. The van der Waals surface area contributed by atoms with E-state index >= 15 is 0 Å². The number of hydrogen-bond acceptors (Lipinski definition) is 4. The van der Waals surface area contributed by atoms with Gasteiger partial charge >= 0.3 is 0 Å². The van der Waals surface area contributed by atoms with Crippen LogP contribution in [0.15, 0.2) is 60.2 Å². The lowest BCUT2D eigenvalue weighted by atomic mass is 9.95. The summed E-state index contributed by atoms with van der Waals surface area (Å²) in [7, 11) is 0. The van der Waals surface area contributed by atoms with E-state index < -0.39 is 29.3 Å². The van der Waals surface area contributed by atoms with Crippen LogP contribution in [0.1, 0.15) is 17.2 Å². The van der Waals surface area contributed by atoms with Crippen molar-refractivity contribution in [3.63, 3.8) is 0 Å². The molecule has 0 saturated carbocycles. The predicted octanol–water partition coefficient (Wildman–Crippen LogP) is -0.0352. The van der Waals surface area contributed by atoms with Crippen molar-refractivity contribution >= 4 is 17.4 Å². The Labute approximate surface area is 174 Å². The predicted molar refractivity (Wildman–Crippen MR) is 106 cm³/mol. The molecule has 6 nitrogen and oxygen atoms in total. The number of likely N-dealkylation sites (tertiary alicyclic amines) is 1. The number of amides is 1. The molecule has 0 aromatic heterocycles. The van der Waals surface area contributed by atoms with Gasteiger partial charge in [-0.05, 0) is 23.3 Å². The third-order valence-corrected chi connectivity index (χ3v) is 5.66. The Morgan fingerprint density at radius 2 is 1.73 bits per heavy atom. The van der Waals surface area contributed by atoms with Gasteiger partial charge in [0.2, 0.25) is 5.78 Å². The molecule has 1 atom stereocenters. The van der Waals surface area contributed by atoms with Crippen LogP contribution < -0.4 is 10.0 Å². The average Bonchev–Trinajstić information content (AvgIpc) is 3.04. The first-order valence-electron chi connectivity index (χ1n) is 10.0. The van der Waals surface area contributed by atoms with Crippen molar-refractivity contribution in [2.24, 2.45) is 0 Å². The summed E-state index contributed by atoms with van der Waals surface area (Å²) in [5, 5.41) is 13.2. The molecule has 2 saturated heterocycles. The van der Waals surface area contributed by atoms with E-state index in [-0.39, 0.29) is 5.57 Å². The highest BCUT2D eigenvalue weighted by Crippen LogP contribution is 2.38. The molecule has 0 radical (unpaired) electrons. The smallest absolute Gasteiger partial charge is 0.295 e. The summed E-state index contributed by atoms with van der Waals surface area (Å²) in [6.07, 6.45) is 0. The molecule has 1 N–H and O–H groups in total. The fraction of sp³-hybridized carbons (Fsp3) is 0.304. The Balaban J connectivity index is 1.72. The second-order valence-corrected chi connectivity index (χ2v) is 7.50. The van der Waals surface area contributed by atoms with Gasteiger partial charge in [0.25, 0.3) is 5.91 Å². The molecule has 0 spiro atoms. The third kappa shape index (κ3) is 3.99. The maximum atomic E-state index is 13.5. The van der Waals surface area contributed by atoms with E-state index in [1.165, 1.54) is 34.1 Å². The number of nitrogens with one attached hydrogen (secondary N) is 1. The Kier molecular flexibility index (Phi) is 5.92. The van der Waals surface area contributed by atoms with E-state index in [2.05, 4.69) is 0 Å². The molecule has 0 aliphatic carbocycles. The number of morpholine rings is 1. The van der Waals surface area contributed by atoms with Gasteiger partial charge in [-0.25, -0.2) is 4.39 Å². The minimum absolute atomic E-state index is 0.0743. The molecule has 2 heterocycles. The Morgan fingerprint density at radius 1 is 1.07 bits per heavy atom. The van der Waals surface area contributed by atoms with Crippen LogP contribution in [0.2, 0.25) is 0 Å². The van der Waals surface area contributed by atoms with Crippen molar-refractivity contribution in [3.8, 4) is 0 Å². The number of ketones is 1. The second-order valence-electron chi connectivity index (χ2n) is 7.50. The fourth-order valence-corrected chi connectivity index (χ4v) is 4.03. The number of quaternary nitrogens is 1. The summed E-state index contributed by atoms with van der Waals surface area (Å²) in [5.74, 6) is -2.36. The molecule has 2 aliphatic heterocycles. The van der Waals surface area contributed by atoms with Gasteiger partial charge < -0.3 is 19.6 Å². The molecule has 1 amide bonds. The fourth-order valence-electron chi connectivity index (χ4n) is 4.03. The zero-order valence-corrected chi connectivity index (χ0v) is 16.5. The van der Waals surface area contributed by atoms with E-state index in [1.54, 1.807) is 30.3 Å². The third-order valence-electron chi connectivity index (χ3n) is 5.66. The normalized spacial score (nSPS) is 21.9. The second kappa shape index (κ2) is 8.77. The monoisotopic (exact) mass is 410 g/mol. The number of halogens is 1. The van der Waals surface area contributed by atoms with Crippen LogP contribution in [0.4, 0.5) is 4.39 Å². The van der Waals surface area contributed by atoms with Gasteiger partial charge in [0.1, 0.15) is 18.9 Å². The van der Waals surface area contributed by atoms with Crippen molar-refractivity contribution < 1.29 is 28.7 Å². The molecular weight excluding hydrogens is 387 g/mol. The summed E-state index contributed by atoms with van der Waals surface area (Å²) in [4.78, 5) is 28.5. The lowest BCUT2D eigenvalue weighted by Gasteiger charge is -2.30. The van der Waals surface area contributed by atoms with Crippen molar-refractivity contribution in [1.29, 1.82) is 0 Å². The highest BCUT2D eigenvalue weighted by Gasteiger charge is 2.44. The van der Waals surface area contributed by atoms with E-state index in [1.807, 2.05) is 0 Å². The highest BCUT2D eigenvalue weighted by molar-refractivity contribution is 6.46. The van der Waals surface area contributed by atoms with Gasteiger partial charge in [-0.2, -0.15) is 0 Å². The van der Waals surface area contributed by atoms with Gasteiger partial charge in [0.15, 0.2) is 0 Å². The number of nitrogens with zero attached hydrogens (tertiary/aromatic N) is 1. The standard InChI is InChI=1S/C23H23FN2O4/c24-18-8-6-16(7-9-18)20-19(21(27)17-4-2-1-3-5-17)22(28)23(29)26(20)11-10-25-12-14-30-15-13-25/h1-9,20,27H,10-15H2/b21-19+. The van der Waals surface area contributed by atoms with Crippen LogP contribution in [0.3, 0.4) is 0 Å². The molecule has 2 fully saturated rings. The summed E-state index contributed by atoms with van der Waals surface area (Å²) in [6.45, 7) is 3.95. The summed E-state index contributed by atoms with van der Waals surface area (Å²) in [6, 6.07) is 13.2. The van der Waals surface area contributed by atoms with Gasteiger partial charge in [0.05, 0.1) is 32.3 Å². The molecule has 30 heavy (non-hydrogen) atoms. The minimum Gasteiger partial charge on any atom is -0.872 e. The average molecular weight is 410 g/mol. The largest absolute Gasteiger partial charge is 0.872 e. The first-order valence-corrected chi connectivity index (χ1v) is 10.0. The number of Topliss-reactive ketones (excluding diaryl/α,β-unsaturated/α-hetero) is 1. The lowest BCUT2D eigenvalue weighted by molar-refractivity contribution is -0.907. The summed E-state index contributed by atoms with van der Waals surface area (Å²) < 4.78 is 18.9. The van der Waals surface area contributed by atoms with Crippen molar-refractivity contribution in [3.05, 3.63) is 77.1 Å². The molecule has 4 rings (SSSR count). The van der Waals surface area contributed by atoms with Crippen molar-refractivity contribution in [2.45, 2.75) is 6.04 Å². The van der Waals surface area contributed by atoms with E-state index in [0.29, 0.717) is 37.4 Å². The number of rotatable bonds is 5. The van der Waals surface area contributed by atoms with Crippen LogP contribution in [0.5, 0.6) is 0 Å². The lowest BCUT2D eigenvalue weighted by Crippen LogP contribution is -3.14. The van der Waals surface area contributed by atoms with Crippen LogP contribution in [-0.4, -0.2) is 56.0 Å². The van der Waals surface area contributed by atoms with Crippen LogP contribution >= 0.6 is 0 Å². The molecule has 1 unspecified atom stereocenters.